The molecule has 0 spiro atoms. The molecule has 1 heterocycles. The molecule has 1 fully saturated rings. The number of nitrogens with one attached hydrogen (secondary N) is 2. The number of carbonyl (C=O) groups is 1. The van der Waals surface area contributed by atoms with Crippen molar-refractivity contribution < 1.29 is 14.3 Å². The van der Waals surface area contributed by atoms with Crippen LogP contribution in [-0.4, -0.2) is 31.7 Å². The smallest absolute Gasteiger partial charge is 0.251 e. The molecule has 3 aromatic rings. The van der Waals surface area contributed by atoms with Gasteiger partial charge < -0.3 is 19.8 Å². The van der Waals surface area contributed by atoms with E-state index in [4.69, 9.17) is 21.1 Å². The van der Waals surface area contributed by atoms with Gasteiger partial charge in [-0.1, -0.05) is 11.6 Å². The third-order valence-corrected chi connectivity index (χ3v) is 5.50. The Morgan fingerprint density at radius 3 is 2.48 bits per heavy atom. The van der Waals surface area contributed by atoms with Gasteiger partial charge in [0.1, 0.15) is 11.5 Å². The molecule has 0 aliphatic heterocycles. The lowest BCUT2D eigenvalue weighted by atomic mass is 9.95. The standard InChI is InChI=1S/C21H21ClN2O3/c1-26-15-7-13(8-16(10-15)27-2)20(25)24-12-21(5-6-21)18-11-23-19-4-3-14(22)9-17(18)19/h3-4,7-11,23H,5-6,12H2,1-2H3,(H,24,25). The zero-order chi connectivity index (χ0) is 19.0. The highest BCUT2D eigenvalue weighted by molar-refractivity contribution is 6.31. The maximum Gasteiger partial charge on any atom is 0.251 e. The minimum Gasteiger partial charge on any atom is -0.497 e. The third-order valence-electron chi connectivity index (χ3n) is 5.27. The topological polar surface area (TPSA) is 63.4 Å². The summed E-state index contributed by atoms with van der Waals surface area (Å²) < 4.78 is 10.5. The normalized spacial score (nSPS) is 14.8. The van der Waals surface area contributed by atoms with E-state index in [1.807, 2.05) is 24.4 Å². The molecule has 1 amide bonds. The van der Waals surface area contributed by atoms with Crippen LogP contribution in [-0.2, 0) is 5.41 Å². The Balaban J connectivity index is 1.54. The summed E-state index contributed by atoms with van der Waals surface area (Å²) in [5.41, 5.74) is 2.75. The molecule has 2 aromatic carbocycles. The Kier molecular flexibility index (Phi) is 4.48. The molecule has 4 rings (SSSR count). The van der Waals surface area contributed by atoms with Crippen molar-refractivity contribution in [3.05, 3.63) is 58.7 Å². The van der Waals surface area contributed by atoms with Crippen LogP contribution in [0.3, 0.4) is 0 Å². The van der Waals surface area contributed by atoms with Crippen molar-refractivity contribution in [3.63, 3.8) is 0 Å². The maximum absolute atomic E-state index is 12.7. The van der Waals surface area contributed by atoms with Crippen molar-refractivity contribution in [2.24, 2.45) is 0 Å². The molecule has 1 aliphatic carbocycles. The maximum atomic E-state index is 12.7. The van der Waals surface area contributed by atoms with Crippen molar-refractivity contribution in [2.75, 3.05) is 20.8 Å². The van der Waals surface area contributed by atoms with E-state index in [9.17, 15) is 4.79 Å². The van der Waals surface area contributed by atoms with Crippen molar-refractivity contribution in [3.8, 4) is 11.5 Å². The molecule has 6 heteroatoms. The first-order valence-corrected chi connectivity index (χ1v) is 9.21. The lowest BCUT2D eigenvalue weighted by Gasteiger charge is -2.16. The molecule has 5 nitrogen and oxygen atoms in total. The number of H-pyrrole nitrogens is 1. The van der Waals surface area contributed by atoms with Crippen LogP contribution >= 0.6 is 11.6 Å². The Morgan fingerprint density at radius 1 is 1.15 bits per heavy atom. The zero-order valence-corrected chi connectivity index (χ0v) is 16.0. The van der Waals surface area contributed by atoms with Gasteiger partial charge in [-0.2, -0.15) is 0 Å². The number of benzene rings is 2. The Hall–Kier alpha value is -2.66. The number of carbonyl (C=O) groups excluding carboxylic acids is 1. The summed E-state index contributed by atoms with van der Waals surface area (Å²) in [5, 5.41) is 4.91. The number of hydrogen-bond acceptors (Lipinski definition) is 3. The molecule has 27 heavy (non-hydrogen) atoms. The minimum atomic E-state index is -0.142. The van der Waals surface area contributed by atoms with E-state index < -0.39 is 0 Å². The first kappa shape index (κ1) is 17.7. The molecule has 140 valence electrons. The fourth-order valence-corrected chi connectivity index (χ4v) is 3.69. The number of fused-ring (bicyclic) bond motifs is 1. The van der Waals surface area contributed by atoms with E-state index in [1.165, 1.54) is 5.56 Å². The lowest BCUT2D eigenvalue weighted by molar-refractivity contribution is 0.0949. The van der Waals surface area contributed by atoms with Crippen LogP contribution in [0.4, 0.5) is 0 Å². The van der Waals surface area contributed by atoms with Crippen LogP contribution in [0.2, 0.25) is 5.02 Å². The van der Waals surface area contributed by atoms with Gasteiger partial charge in [0.25, 0.3) is 5.91 Å². The SMILES string of the molecule is COc1cc(OC)cc(C(=O)NCC2(c3c[nH]c4ccc(Cl)cc34)CC2)c1. The molecule has 1 aromatic heterocycles. The number of methoxy groups -OCH3 is 2. The average Bonchev–Trinajstić information content (AvgIpc) is 3.36. The van der Waals surface area contributed by atoms with E-state index in [-0.39, 0.29) is 11.3 Å². The van der Waals surface area contributed by atoms with Gasteiger partial charge >= 0.3 is 0 Å². The molecule has 0 radical (unpaired) electrons. The summed E-state index contributed by atoms with van der Waals surface area (Å²) in [4.78, 5) is 16.0. The van der Waals surface area contributed by atoms with Gasteiger partial charge in [0.15, 0.2) is 0 Å². The molecule has 1 saturated carbocycles. The largest absolute Gasteiger partial charge is 0.497 e. The van der Waals surface area contributed by atoms with Gasteiger partial charge in [0, 0.05) is 45.7 Å². The van der Waals surface area contributed by atoms with Crippen LogP contribution < -0.4 is 14.8 Å². The zero-order valence-electron chi connectivity index (χ0n) is 15.3. The number of aromatic nitrogens is 1. The Morgan fingerprint density at radius 2 is 1.85 bits per heavy atom. The summed E-state index contributed by atoms with van der Waals surface area (Å²) in [5.74, 6) is 1.04. The molecule has 0 bridgehead atoms. The fourth-order valence-electron chi connectivity index (χ4n) is 3.51. The van der Waals surface area contributed by atoms with E-state index in [1.54, 1.807) is 32.4 Å². The number of aromatic amines is 1. The number of rotatable bonds is 6. The van der Waals surface area contributed by atoms with Gasteiger partial charge in [-0.05, 0) is 48.7 Å². The summed E-state index contributed by atoms with van der Waals surface area (Å²) in [6, 6.07) is 11.0. The van der Waals surface area contributed by atoms with Gasteiger partial charge in [-0.25, -0.2) is 0 Å². The van der Waals surface area contributed by atoms with Crippen LogP contribution in [0, 0.1) is 0 Å². The molecule has 0 atom stereocenters. The molecule has 0 unspecified atom stereocenters. The van der Waals surface area contributed by atoms with E-state index >= 15 is 0 Å². The molecule has 0 saturated heterocycles. The van der Waals surface area contributed by atoms with Crippen molar-refractivity contribution in [1.29, 1.82) is 0 Å². The van der Waals surface area contributed by atoms with Crippen molar-refractivity contribution >= 4 is 28.4 Å². The number of hydrogen-bond donors (Lipinski definition) is 2. The summed E-state index contributed by atoms with van der Waals surface area (Å²) in [7, 11) is 3.13. The second kappa shape index (κ2) is 6.82. The second-order valence-electron chi connectivity index (χ2n) is 6.96. The number of amides is 1. The van der Waals surface area contributed by atoms with Crippen LogP contribution in [0.5, 0.6) is 11.5 Å². The number of halogens is 1. The van der Waals surface area contributed by atoms with Crippen LogP contribution in [0.15, 0.2) is 42.6 Å². The monoisotopic (exact) mass is 384 g/mol. The molecule has 1 aliphatic rings. The van der Waals surface area contributed by atoms with Gasteiger partial charge in [-0.15, -0.1) is 0 Å². The highest BCUT2D eigenvalue weighted by Gasteiger charge is 2.45. The molecular weight excluding hydrogens is 364 g/mol. The summed E-state index contributed by atoms with van der Waals surface area (Å²) in [6.45, 7) is 0.574. The highest BCUT2D eigenvalue weighted by Crippen LogP contribution is 2.50. The molecule has 2 N–H and O–H groups in total. The number of ether oxygens (including phenoxy) is 2. The highest BCUT2D eigenvalue weighted by atomic mass is 35.5. The molecular formula is C21H21ClN2O3. The summed E-state index contributed by atoms with van der Waals surface area (Å²) in [6.07, 6.45) is 4.11. The van der Waals surface area contributed by atoms with Crippen LogP contribution in [0.1, 0.15) is 28.8 Å². The second-order valence-corrected chi connectivity index (χ2v) is 7.39. The Labute approximate surface area is 162 Å². The first-order chi connectivity index (χ1) is 13.0. The summed E-state index contributed by atoms with van der Waals surface area (Å²) >= 11 is 6.18. The van der Waals surface area contributed by atoms with Gasteiger partial charge in [0.05, 0.1) is 14.2 Å². The predicted molar refractivity (Wildman–Crippen MR) is 106 cm³/mol. The minimum absolute atomic E-state index is 0.0401. The van der Waals surface area contributed by atoms with Crippen molar-refractivity contribution in [1.82, 2.24) is 10.3 Å². The van der Waals surface area contributed by atoms with Crippen LogP contribution in [0.25, 0.3) is 10.9 Å². The van der Waals surface area contributed by atoms with E-state index in [0.29, 0.717) is 28.6 Å². The lowest BCUT2D eigenvalue weighted by Crippen LogP contribution is -2.32. The first-order valence-electron chi connectivity index (χ1n) is 8.83. The quantitative estimate of drug-likeness (QED) is 0.666. The average molecular weight is 385 g/mol. The predicted octanol–water partition coefficient (Wildman–Crippen LogP) is 4.30. The third kappa shape index (κ3) is 3.35. The van der Waals surface area contributed by atoms with E-state index in [0.717, 1.165) is 23.7 Å². The Bertz CT molecular complexity index is 986. The fraction of sp³-hybridized carbons (Fsp3) is 0.286. The van der Waals surface area contributed by atoms with Crippen molar-refractivity contribution in [2.45, 2.75) is 18.3 Å². The van der Waals surface area contributed by atoms with Gasteiger partial charge in [0.2, 0.25) is 0 Å². The van der Waals surface area contributed by atoms with Gasteiger partial charge in [-0.3, -0.25) is 4.79 Å². The van der Waals surface area contributed by atoms with E-state index in [2.05, 4.69) is 10.3 Å².